The molecule has 3 aliphatic rings. The third-order valence-corrected chi connectivity index (χ3v) is 6.25. The molecule has 5 rings (SSSR count). The van der Waals surface area contributed by atoms with Crippen molar-refractivity contribution in [2.45, 2.75) is 70.7 Å². The second kappa shape index (κ2) is 6.27. The maximum atomic E-state index is 13.4. The van der Waals surface area contributed by atoms with Crippen molar-refractivity contribution in [3.8, 4) is 0 Å². The summed E-state index contributed by atoms with van der Waals surface area (Å²) < 4.78 is 3.68. The molecular weight excluding hydrogens is 356 g/mol. The van der Waals surface area contributed by atoms with Gasteiger partial charge < -0.3 is 14.8 Å². The number of nitrogens with zero attached hydrogens (tertiary/aromatic N) is 5. The first-order valence-corrected chi connectivity index (χ1v) is 10.2. The number of hydrogen-bond acceptors (Lipinski definition) is 5. The van der Waals surface area contributed by atoms with Crippen LogP contribution in [0.1, 0.15) is 79.2 Å². The lowest BCUT2D eigenvalue weighted by Gasteiger charge is -2.36. The molecule has 2 aliphatic heterocycles. The Morgan fingerprint density at radius 2 is 2.04 bits per heavy atom. The van der Waals surface area contributed by atoms with Gasteiger partial charge in [-0.05, 0) is 33.6 Å². The average molecular weight is 382 g/mol. The molecule has 1 amide bonds. The van der Waals surface area contributed by atoms with Gasteiger partial charge in [-0.2, -0.15) is 5.10 Å². The smallest absolute Gasteiger partial charge is 0.273 e. The molecule has 8 heteroatoms. The van der Waals surface area contributed by atoms with Gasteiger partial charge in [0.15, 0.2) is 0 Å². The number of carbonyl (C=O) groups excluding carboxylic acids is 1. The summed E-state index contributed by atoms with van der Waals surface area (Å²) in [6.07, 6.45) is 6.15. The van der Waals surface area contributed by atoms with Crippen molar-refractivity contribution < 1.29 is 4.79 Å². The molecule has 1 N–H and O–H groups in total. The predicted molar refractivity (Wildman–Crippen MR) is 103 cm³/mol. The molecule has 1 saturated carbocycles. The molecule has 4 heterocycles. The molecule has 3 atom stereocenters. The summed E-state index contributed by atoms with van der Waals surface area (Å²) in [5.41, 5.74) is 3.47. The molecule has 8 nitrogen and oxygen atoms in total. The van der Waals surface area contributed by atoms with Gasteiger partial charge in [0, 0.05) is 43.4 Å². The lowest BCUT2D eigenvalue weighted by molar-refractivity contribution is 0.0580. The van der Waals surface area contributed by atoms with E-state index in [0.717, 1.165) is 36.2 Å². The fourth-order valence-electron chi connectivity index (χ4n) is 4.41. The lowest BCUT2D eigenvalue weighted by atomic mass is 10.00. The van der Waals surface area contributed by atoms with Crippen molar-refractivity contribution in [3.63, 3.8) is 0 Å². The van der Waals surface area contributed by atoms with E-state index < -0.39 is 0 Å². The van der Waals surface area contributed by atoms with Crippen LogP contribution in [0.15, 0.2) is 17.2 Å². The SMILES string of the molecule is CC(c1cn(C2CC2)c(=O)cn1)N1C[C@@H](C)n2nc3c(c2C1=O)CN[C@H](C)C3. The predicted octanol–water partition coefficient (Wildman–Crippen LogP) is 1.59. The van der Waals surface area contributed by atoms with E-state index in [-0.39, 0.29) is 23.6 Å². The van der Waals surface area contributed by atoms with Crippen LogP contribution in [0.25, 0.3) is 0 Å². The van der Waals surface area contributed by atoms with E-state index in [1.165, 1.54) is 6.20 Å². The van der Waals surface area contributed by atoms with Crippen molar-refractivity contribution in [1.29, 1.82) is 0 Å². The fraction of sp³-hybridized carbons (Fsp3) is 0.600. The maximum Gasteiger partial charge on any atom is 0.273 e. The summed E-state index contributed by atoms with van der Waals surface area (Å²) in [5, 5.41) is 8.21. The zero-order chi connectivity index (χ0) is 19.6. The van der Waals surface area contributed by atoms with Crippen LogP contribution in [-0.4, -0.2) is 42.7 Å². The summed E-state index contributed by atoms with van der Waals surface area (Å²) in [4.78, 5) is 31.8. The number of carbonyl (C=O) groups is 1. The molecule has 0 spiro atoms. The molecule has 28 heavy (non-hydrogen) atoms. The molecule has 0 aromatic carbocycles. The summed E-state index contributed by atoms with van der Waals surface area (Å²) >= 11 is 0. The Balaban J connectivity index is 1.50. The molecule has 0 radical (unpaired) electrons. The summed E-state index contributed by atoms with van der Waals surface area (Å²) in [7, 11) is 0. The highest BCUT2D eigenvalue weighted by molar-refractivity contribution is 5.95. The van der Waals surface area contributed by atoms with Crippen LogP contribution in [0, 0.1) is 0 Å². The van der Waals surface area contributed by atoms with Crippen LogP contribution in [0.4, 0.5) is 0 Å². The Morgan fingerprint density at radius 1 is 1.25 bits per heavy atom. The highest BCUT2D eigenvalue weighted by Gasteiger charge is 2.38. The number of fused-ring (bicyclic) bond motifs is 3. The minimum Gasteiger partial charge on any atom is -0.327 e. The van der Waals surface area contributed by atoms with Crippen molar-refractivity contribution in [3.05, 3.63) is 45.4 Å². The van der Waals surface area contributed by atoms with Crippen LogP contribution in [0.2, 0.25) is 0 Å². The maximum absolute atomic E-state index is 13.4. The first kappa shape index (κ1) is 17.6. The first-order valence-electron chi connectivity index (χ1n) is 10.2. The second-order valence-electron chi connectivity index (χ2n) is 8.48. The fourth-order valence-corrected chi connectivity index (χ4v) is 4.41. The van der Waals surface area contributed by atoms with Crippen molar-refractivity contribution in [2.24, 2.45) is 0 Å². The van der Waals surface area contributed by atoms with Crippen LogP contribution >= 0.6 is 0 Å². The van der Waals surface area contributed by atoms with Gasteiger partial charge in [0.2, 0.25) is 0 Å². The van der Waals surface area contributed by atoms with Gasteiger partial charge in [0.1, 0.15) is 5.69 Å². The zero-order valence-corrected chi connectivity index (χ0v) is 16.6. The summed E-state index contributed by atoms with van der Waals surface area (Å²) in [5.74, 6) is 0.00155. The number of amides is 1. The quantitative estimate of drug-likeness (QED) is 0.871. The van der Waals surface area contributed by atoms with Crippen molar-refractivity contribution >= 4 is 5.91 Å². The Labute approximate surface area is 163 Å². The van der Waals surface area contributed by atoms with Crippen LogP contribution in [0.5, 0.6) is 0 Å². The second-order valence-corrected chi connectivity index (χ2v) is 8.48. The minimum atomic E-state index is -0.199. The Morgan fingerprint density at radius 3 is 2.79 bits per heavy atom. The Bertz CT molecular complexity index is 1000. The van der Waals surface area contributed by atoms with Crippen LogP contribution in [-0.2, 0) is 13.0 Å². The standard InChI is InChI=1S/C20H26N6O2/c1-11-6-16-15(7-21-11)19-20(28)24(9-12(2)26(19)23-16)13(3)17-10-25(14-4-5-14)18(27)8-22-17/h8,10-14,21H,4-7,9H2,1-3H3/t11-,12-,13?/m1/s1. The van der Waals surface area contributed by atoms with E-state index in [4.69, 9.17) is 5.10 Å². The molecule has 1 aliphatic carbocycles. The first-order chi connectivity index (χ1) is 13.4. The molecule has 148 valence electrons. The third-order valence-electron chi connectivity index (χ3n) is 6.25. The van der Waals surface area contributed by atoms with Gasteiger partial charge in [0.25, 0.3) is 11.5 Å². The highest BCUT2D eigenvalue weighted by atomic mass is 16.2. The van der Waals surface area contributed by atoms with Gasteiger partial charge in [-0.15, -0.1) is 0 Å². The molecule has 2 aromatic heterocycles. The Kier molecular flexibility index (Phi) is 3.94. The van der Waals surface area contributed by atoms with Gasteiger partial charge in [-0.3, -0.25) is 19.3 Å². The molecule has 1 unspecified atom stereocenters. The molecule has 0 bridgehead atoms. The van der Waals surface area contributed by atoms with E-state index in [1.807, 2.05) is 22.7 Å². The topological polar surface area (TPSA) is 85.1 Å². The van der Waals surface area contributed by atoms with Gasteiger partial charge in [0.05, 0.1) is 29.7 Å². The average Bonchev–Trinajstić information content (AvgIpc) is 3.44. The molecule has 2 aromatic rings. The van der Waals surface area contributed by atoms with Crippen LogP contribution in [0.3, 0.4) is 0 Å². The number of aromatic nitrogens is 4. The van der Waals surface area contributed by atoms with E-state index in [1.54, 1.807) is 4.57 Å². The van der Waals surface area contributed by atoms with E-state index in [9.17, 15) is 9.59 Å². The summed E-state index contributed by atoms with van der Waals surface area (Å²) in [6, 6.07) is 0.567. The lowest BCUT2D eigenvalue weighted by Crippen LogP contribution is -2.45. The molecule has 0 saturated heterocycles. The highest BCUT2D eigenvalue weighted by Crippen LogP contribution is 2.35. The van der Waals surface area contributed by atoms with E-state index in [0.29, 0.717) is 30.9 Å². The van der Waals surface area contributed by atoms with Gasteiger partial charge >= 0.3 is 0 Å². The summed E-state index contributed by atoms with van der Waals surface area (Å²) in [6.45, 7) is 7.50. The van der Waals surface area contributed by atoms with Gasteiger partial charge in [-0.25, -0.2) is 0 Å². The zero-order valence-electron chi connectivity index (χ0n) is 16.6. The largest absolute Gasteiger partial charge is 0.327 e. The molecular formula is C20H26N6O2. The molecule has 1 fully saturated rings. The normalized spacial score (nSPS) is 25.4. The van der Waals surface area contributed by atoms with Crippen molar-refractivity contribution in [1.82, 2.24) is 29.5 Å². The van der Waals surface area contributed by atoms with E-state index in [2.05, 4.69) is 24.1 Å². The third kappa shape index (κ3) is 2.70. The van der Waals surface area contributed by atoms with Crippen molar-refractivity contribution in [2.75, 3.05) is 6.54 Å². The van der Waals surface area contributed by atoms with E-state index >= 15 is 0 Å². The van der Waals surface area contributed by atoms with Crippen LogP contribution < -0.4 is 10.9 Å². The number of rotatable bonds is 3. The van der Waals surface area contributed by atoms with Gasteiger partial charge in [-0.1, -0.05) is 0 Å². The number of hydrogen-bond donors (Lipinski definition) is 1. The minimum absolute atomic E-state index is 0.00155. The monoisotopic (exact) mass is 382 g/mol. The number of nitrogens with one attached hydrogen (secondary N) is 1. The Hall–Kier alpha value is -2.48.